The van der Waals surface area contributed by atoms with Gasteiger partial charge in [0.2, 0.25) is 0 Å². The van der Waals surface area contributed by atoms with E-state index in [-0.39, 0.29) is 5.92 Å². The highest BCUT2D eigenvalue weighted by atomic mass is 16.1. The number of ketones is 1. The Morgan fingerprint density at radius 3 is 2.67 bits per heavy atom. The Bertz CT molecular complexity index is 433. The van der Waals surface area contributed by atoms with Crippen LogP contribution in [0.3, 0.4) is 0 Å². The minimum Gasteiger partial charge on any atom is -0.294 e. The Hall–Kier alpha value is -1.11. The summed E-state index contributed by atoms with van der Waals surface area (Å²) in [6, 6.07) is 6.23. The second-order valence-electron chi connectivity index (χ2n) is 5.74. The van der Waals surface area contributed by atoms with Crippen molar-refractivity contribution in [2.45, 2.75) is 52.9 Å². The van der Waals surface area contributed by atoms with Crippen molar-refractivity contribution in [3.05, 3.63) is 34.9 Å². The van der Waals surface area contributed by atoms with Gasteiger partial charge in [0, 0.05) is 11.5 Å². The van der Waals surface area contributed by atoms with Crippen molar-refractivity contribution in [2.75, 3.05) is 0 Å². The van der Waals surface area contributed by atoms with Crippen LogP contribution in [-0.2, 0) is 0 Å². The summed E-state index contributed by atoms with van der Waals surface area (Å²) >= 11 is 0. The third-order valence-corrected chi connectivity index (χ3v) is 4.43. The fourth-order valence-electron chi connectivity index (χ4n) is 3.24. The van der Waals surface area contributed by atoms with Crippen LogP contribution in [0, 0.1) is 25.7 Å². The van der Waals surface area contributed by atoms with Crippen LogP contribution in [0.15, 0.2) is 18.2 Å². The summed E-state index contributed by atoms with van der Waals surface area (Å²) < 4.78 is 0. The van der Waals surface area contributed by atoms with Crippen molar-refractivity contribution in [2.24, 2.45) is 11.8 Å². The number of benzene rings is 1. The number of carbonyl (C=O) groups is 1. The molecule has 2 atom stereocenters. The summed E-state index contributed by atoms with van der Waals surface area (Å²) in [6.07, 6.45) is 5.98. The van der Waals surface area contributed by atoms with Gasteiger partial charge in [0.15, 0.2) is 5.78 Å². The largest absolute Gasteiger partial charge is 0.294 e. The highest BCUT2D eigenvalue weighted by Gasteiger charge is 2.30. The summed E-state index contributed by atoms with van der Waals surface area (Å²) in [7, 11) is 0. The predicted molar refractivity (Wildman–Crippen MR) is 76.0 cm³/mol. The minimum atomic E-state index is 0.268. The third kappa shape index (κ3) is 2.66. The van der Waals surface area contributed by atoms with Crippen molar-refractivity contribution in [1.29, 1.82) is 0 Å². The molecule has 1 aromatic rings. The van der Waals surface area contributed by atoms with Crippen LogP contribution < -0.4 is 0 Å². The quantitative estimate of drug-likeness (QED) is 0.704. The number of Topliss-reactive ketones (excluding diaryl/α,β-unsaturated/α-hetero) is 1. The number of hydrogen-bond donors (Lipinski definition) is 0. The molecule has 0 aromatic heterocycles. The number of rotatable bonds is 3. The molecule has 0 saturated heterocycles. The first-order valence-electron chi connectivity index (χ1n) is 7.25. The van der Waals surface area contributed by atoms with Crippen molar-refractivity contribution in [1.82, 2.24) is 0 Å². The molecule has 0 heterocycles. The molecule has 0 spiro atoms. The summed E-state index contributed by atoms with van der Waals surface area (Å²) in [5, 5.41) is 0. The van der Waals surface area contributed by atoms with Gasteiger partial charge < -0.3 is 0 Å². The van der Waals surface area contributed by atoms with Gasteiger partial charge in [0.05, 0.1) is 0 Å². The second-order valence-corrected chi connectivity index (χ2v) is 5.74. The van der Waals surface area contributed by atoms with Gasteiger partial charge in [0.1, 0.15) is 0 Å². The van der Waals surface area contributed by atoms with E-state index in [1.54, 1.807) is 0 Å². The van der Waals surface area contributed by atoms with Crippen molar-refractivity contribution >= 4 is 5.78 Å². The molecule has 1 aliphatic carbocycles. The van der Waals surface area contributed by atoms with E-state index in [0.717, 1.165) is 24.0 Å². The SMILES string of the molecule is CCC1CCCCC1C(=O)c1cc(C)ccc1C. The Labute approximate surface area is 111 Å². The monoisotopic (exact) mass is 244 g/mol. The Kier molecular flexibility index (Phi) is 4.21. The standard InChI is InChI=1S/C17H24O/c1-4-14-7-5-6-8-15(14)17(18)16-11-12(2)9-10-13(16)3/h9-11,14-15H,4-8H2,1-3H3. The molecule has 2 unspecified atom stereocenters. The molecule has 1 heteroatoms. The molecule has 0 bridgehead atoms. The third-order valence-electron chi connectivity index (χ3n) is 4.43. The maximum absolute atomic E-state index is 12.7. The Morgan fingerprint density at radius 2 is 1.94 bits per heavy atom. The zero-order valence-corrected chi connectivity index (χ0v) is 11.8. The van der Waals surface area contributed by atoms with E-state index in [1.807, 2.05) is 0 Å². The number of carbonyl (C=O) groups excluding carboxylic acids is 1. The lowest BCUT2D eigenvalue weighted by Crippen LogP contribution is -2.27. The van der Waals surface area contributed by atoms with E-state index < -0.39 is 0 Å². The molecule has 0 radical (unpaired) electrons. The Balaban J connectivity index is 2.26. The van der Waals surface area contributed by atoms with E-state index in [0.29, 0.717) is 11.7 Å². The Morgan fingerprint density at radius 1 is 1.22 bits per heavy atom. The van der Waals surface area contributed by atoms with Gasteiger partial charge in [-0.25, -0.2) is 0 Å². The van der Waals surface area contributed by atoms with Gasteiger partial charge in [-0.1, -0.05) is 43.9 Å². The smallest absolute Gasteiger partial charge is 0.166 e. The van der Waals surface area contributed by atoms with Crippen LogP contribution in [0.1, 0.15) is 60.5 Å². The molecule has 1 fully saturated rings. The van der Waals surface area contributed by atoms with E-state index in [4.69, 9.17) is 0 Å². The highest BCUT2D eigenvalue weighted by molar-refractivity contribution is 5.99. The molecule has 0 amide bonds. The van der Waals surface area contributed by atoms with Crippen LogP contribution in [0.5, 0.6) is 0 Å². The number of hydrogen-bond acceptors (Lipinski definition) is 1. The number of aryl methyl sites for hydroxylation is 2. The lowest BCUT2D eigenvalue weighted by Gasteiger charge is -2.30. The van der Waals surface area contributed by atoms with Gasteiger partial charge in [-0.3, -0.25) is 4.79 Å². The van der Waals surface area contributed by atoms with Gasteiger partial charge >= 0.3 is 0 Å². The highest BCUT2D eigenvalue weighted by Crippen LogP contribution is 2.35. The summed E-state index contributed by atoms with van der Waals surface area (Å²) in [4.78, 5) is 12.7. The van der Waals surface area contributed by atoms with E-state index in [9.17, 15) is 4.79 Å². The van der Waals surface area contributed by atoms with Crippen molar-refractivity contribution in [3.63, 3.8) is 0 Å². The summed E-state index contributed by atoms with van der Waals surface area (Å²) in [5.74, 6) is 1.26. The first-order chi connectivity index (χ1) is 8.63. The van der Waals surface area contributed by atoms with Gasteiger partial charge in [0.25, 0.3) is 0 Å². The lowest BCUT2D eigenvalue weighted by molar-refractivity contribution is 0.0819. The topological polar surface area (TPSA) is 17.1 Å². The maximum Gasteiger partial charge on any atom is 0.166 e. The van der Waals surface area contributed by atoms with Crippen LogP contribution in [0.25, 0.3) is 0 Å². The zero-order chi connectivity index (χ0) is 13.1. The van der Waals surface area contributed by atoms with Crippen molar-refractivity contribution < 1.29 is 4.79 Å². The molecular formula is C17H24O. The van der Waals surface area contributed by atoms with Crippen LogP contribution in [0.4, 0.5) is 0 Å². The molecule has 1 aliphatic rings. The molecule has 98 valence electrons. The molecule has 1 aromatic carbocycles. The molecule has 1 nitrogen and oxygen atoms in total. The first-order valence-corrected chi connectivity index (χ1v) is 7.25. The van der Waals surface area contributed by atoms with E-state index >= 15 is 0 Å². The van der Waals surface area contributed by atoms with Crippen molar-refractivity contribution in [3.8, 4) is 0 Å². The average molecular weight is 244 g/mol. The van der Waals surface area contributed by atoms with Crippen LogP contribution >= 0.6 is 0 Å². The fraction of sp³-hybridized carbons (Fsp3) is 0.588. The van der Waals surface area contributed by atoms with Crippen LogP contribution in [0.2, 0.25) is 0 Å². The fourth-order valence-corrected chi connectivity index (χ4v) is 3.24. The lowest BCUT2D eigenvalue weighted by atomic mass is 9.74. The minimum absolute atomic E-state index is 0.268. The average Bonchev–Trinajstić information content (AvgIpc) is 2.40. The molecule has 1 saturated carbocycles. The summed E-state index contributed by atoms with van der Waals surface area (Å²) in [5.41, 5.74) is 3.28. The molecular weight excluding hydrogens is 220 g/mol. The predicted octanol–water partition coefficient (Wildman–Crippen LogP) is 4.70. The van der Waals surface area contributed by atoms with E-state index in [1.165, 1.54) is 24.8 Å². The molecule has 0 aliphatic heterocycles. The van der Waals surface area contributed by atoms with E-state index in [2.05, 4.69) is 39.0 Å². The van der Waals surface area contributed by atoms with Gasteiger partial charge in [-0.2, -0.15) is 0 Å². The normalized spacial score (nSPS) is 23.9. The molecule has 2 rings (SSSR count). The zero-order valence-electron chi connectivity index (χ0n) is 11.8. The first kappa shape index (κ1) is 13.3. The van der Waals surface area contributed by atoms with Gasteiger partial charge in [-0.05, 0) is 44.2 Å². The second kappa shape index (κ2) is 5.69. The molecule has 0 N–H and O–H groups in total. The summed E-state index contributed by atoms with van der Waals surface area (Å²) in [6.45, 7) is 6.34. The van der Waals surface area contributed by atoms with Gasteiger partial charge in [-0.15, -0.1) is 0 Å². The van der Waals surface area contributed by atoms with Crippen LogP contribution in [-0.4, -0.2) is 5.78 Å². The maximum atomic E-state index is 12.7. The molecule has 18 heavy (non-hydrogen) atoms.